The molecule has 188 valence electrons. The normalized spacial score (nSPS) is 14.0. The zero-order valence-corrected chi connectivity index (χ0v) is 21.8. The summed E-state index contributed by atoms with van der Waals surface area (Å²) in [5.41, 5.74) is 2.20. The van der Waals surface area contributed by atoms with Crippen LogP contribution in [0.3, 0.4) is 0 Å². The number of nitriles is 2. The number of benzene rings is 2. The Labute approximate surface area is 220 Å². The van der Waals surface area contributed by atoms with Crippen molar-refractivity contribution in [1.29, 1.82) is 10.5 Å². The molecule has 0 spiro atoms. The van der Waals surface area contributed by atoms with E-state index in [4.69, 9.17) is 11.6 Å². The maximum absolute atomic E-state index is 13.1. The number of nitrogens with zero attached hydrogens (tertiary/aromatic N) is 6. The molecule has 11 heteroatoms. The molecule has 2 aromatic carbocycles. The first kappa shape index (κ1) is 26.1. The first-order chi connectivity index (χ1) is 17.7. The molecule has 1 fully saturated rings. The molecular formula is C26H23ClN6O3S. The predicted molar refractivity (Wildman–Crippen MR) is 140 cm³/mol. The Kier molecular flexibility index (Phi) is 7.46. The van der Waals surface area contributed by atoms with E-state index in [1.54, 1.807) is 56.7 Å². The molecule has 0 aliphatic carbocycles. The quantitative estimate of drug-likeness (QED) is 0.492. The highest BCUT2D eigenvalue weighted by Gasteiger charge is 2.31. The van der Waals surface area contributed by atoms with Crippen molar-refractivity contribution in [3.8, 4) is 23.3 Å². The minimum absolute atomic E-state index is 0.0110. The number of halogens is 1. The second-order valence-electron chi connectivity index (χ2n) is 8.60. The average molecular weight is 535 g/mol. The highest BCUT2D eigenvalue weighted by atomic mass is 35.5. The number of amides is 1. The number of carbonyl (C=O) groups is 1. The van der Waals surface area contributed by atoms with Crippen LogP contribution in [0.2, 0.25) is 5.02 Å². The number of hydrogen-bond acceptors (Lipinski definition) is 7. The highest BCUT2D eigenvalue weighted by Crippen LogP contribution is 2.30. The van der Waals surface area contributed by atoms with Crippen molar-refractivity contribution in [3.05, 3.63) is 76.4 Å². The number of sulfonamides is 1. The first-order valence-electron chi connectivity index (χ1n) is 11.3. The highest BCUT2D eigenvalue weighted by molar-refractivity contribution is 7.89. The van der Waals surface area contributed by atoms with Gasteiger partial charge in [0.2, 0.25) is 10.0 Å². The summed E-state index contributed by atoms with van der Waals surface area (Å²) in [6, 6.07) is 17.0. The van der Waals surface area contributed by atoms with Crippen molar-refractivity contribution < 1.29 is 13.2 Å². The molecule has 1 aliphatic heterocycles. The molecule has 0 saturated carbocycles. The molecule has 0 N–H and O–H groups in total. The lowest BCUT2D eigenvalue weighted by Crippen LogP contribution is -2.49. The minimum atomic E-state index is -3.83. The van der Waals surface area contributed by atoms with Crippen LogP contribution in [-0.4, -0.2) is 68.8 Å². The summed E-state index contributed by atoms with van der Waals surface area (Å²) < 4.78 is 27.6. The van der Waals surface area contributed by atoms with E-state index in [1.807, 2.05) is 11.0 Å². The third-order valence-corrected chi connectivity index (χ3v) is 8.36. The smallest absolute Gasteiger partial charge is 0.254 e. The summed E-state index contributed by atoms with van der Waals surface area (Å²) in [5.74, 6) is 0.256. The Bertz CT molecular complexity index is 1550. The molecule has 3 aromatic rings. The van der Waals surface area contributed by atoms with Crippen molar-refractivity contribution in [2.24, 2.45) is 0 Å². The molecule has 0 radical (unpaired) electrons. The fraction of sp³-hybridized carbons (Fsp3) is 0.231. The van der Waals surface area contributed by atoms with Crippen LogP contribution in [-0.2, 0) is 10.0 Å². The molecule has 1 aromatic heterocycles. The first-order valence-corrected chi connectivity index (χ1v) is 13.1. The van der Waals surface area contributed by atoms with Crippen LogP contribution in [0.5, 0.6) is 0 Å². The van der Waals surface area contributed by atoms with Gasteiger partial charge < -0.3 is 9.80 Å². The van der Waals surface area contributed by atoms with Gasteiger partial charge in [0.05, 0.1) is 26.6 Å². The van der Waals surface area contributed by atoms with Gasteiger partial charge in [-0.1, -0.05) is 29.8 Å². The number of rotatable bonds is 5. The molecule has 1 amide bonds. The molecule has 0 bridgehead atoms. The Morgan fingerprint density at radius 2 is 1.65 bits per heavy atom. The lowest BCUT2D eigenvalue weighted by atomic mass is 10.0. The average Bonchev–Trinajstić information content (AvgIpc) is 2.92. The lowest BCUT2D eigenvalue weighted by molar-refractivity contribution is 0.0828. The van der Waals surface area contributed by atoms with Crippen molar-refractivity contribution in [2.45, 2.75) is 4.90 Å². The maximum atomic E-state index is 13.1. The standard InChI is InChI=1S/C26H23ClN6O3S/c1-31(2)26(34)22-8-7-18(14-23(22)27)21-13-20(16-29)25(30-17-21)32-9-11-33(12-10-32)37(35,36)24-6-4-3-5-19(24)15-28/h3-8,13-14,17H,9-12H2,1-2H3. The van der Waals surface area contributed by atoms with Gasteiger partial charge in [0.15, 0.2) is 0 Å². The summed E-state index contributed by atoms with van der Waals surface area (Å²) in [7, 11) is -0.533. The van der Waals surface area contributed by atoms with Crippen molar-refractivity contribution in [1.82, 2.24) is 14.2 Å². The third kappa shape index (κ3) is 5.13. The zero-order chi connectivity index (χ0) is 26.7. The summed E-state index contributed by atoms with van der Waals surface area (Å²) in [6.45, 7) is 1.05. The number of pyridine rings is 1. The molecule has 2 heterocycles. The van der Waals surface area contributed by atoms with Gasteiger partial charge in [-0.05, 0) is 35.9 Å². The van der Waals surface area contributed by atoms with E-state index in [-0.39, 0.29) is 29.5 Å². The van der Waals surface area contributed by atoms with Crippen LogP contribution in [0.1, 0.15) is 21.5 Å². The number of aromatic nitrogens is 1. The maximum Gasteiger partial charge on any atom is 0.254 e. The zero-order valence-electron chi connectivity index (χ0n) is 20.2. The van der Waals surface area contributed by atoms with Crippen LogP contribution in [0, 0.1) is 22.7 Å². The van der Waals surface area contributed by atoms with Gasteiger partial charge in [-0.2, -0.15) is 14.8 Å². The van der Waals surface area contributed by atoms with E-state index in [0.29, 0.717) is 46.2 Å². The Morgan fingerprint density at radius 3 is 2.27 bits per heavy atom. The van der Waals surface area contributed by atoms with Gasteiger partial charge in [0, 0.05) is 52.0 Å². The van der Waals surface area contributed by atoms with Crippen LogP contribution >= 0.6 is 11.6 Å². The van der Waals surface area contributed by atoms with E-state index >= 15 is 0 Å². The molecule has 37 heavy (non-hydrogen) atoms. The molecule has 9 nitrogen and oxygen atoms in total. The fourth-order valence-electron chi connectivity index (χ4n) is 4.12. The third-order valence-electron chi connectivity index (χ3n) is 6.09. The second kappa shape index (κ2) is 10.6. The summed E-state index contributed by atoms with van der Waals surface area (Å²) in [5, 5.41) is 19.4. The molecule has 1 saturated heterocycles. The van der Waals surface area contributed by atoms with E-state index in [9.17, 15) is 23.7 Å². The molecule has 4 rings (SSSR count). The molecule has 1 aliphatic rings. The monoisotopic (exact) mass is 534 g/mol. The van der Waals surface area contributed by atoms with Gasteiger partial charge in [0.1, 0.15) is 18.0 Å². The second-order valence-corrected chi connectivity index (χ2v) is 10.9. The van der Waals surface area contributed by atoms with Gasteiger partial charge in [0.25, 0.3) is 5.91 Å². The topological polar surface area (TPSA) is 121 Å². The van der Waals surface area contributed by atoms with E-state index in [2.05, 4.69) is 11.1 Å². The van der Waals surface area contributed by atoms with Crippen LogP contribution in [0.15, 0.2) is 59.6 Å². The Balaban J connectivity index is 1.54. The summed E-state index contributed by atoms with van der Waals surface area (Å²) in [4.78, 5) is 20.1. The van der Waals surface area contributed by atoms with E-state index in [1.165, 1.54) is 21.3 Å². The summed E-state index contributed by atoms with van der Waals surface area (Å²) in [6.07, 6.45) is 1.63. The van der Waals surface area contributed by atoms with E-state index in [0.717, 1.165) is 0 Å². The van der Waals surface area contributed by atoms with Gasteiger partial charge in [-0.3, -0.25) is 4.79 Å². The molecular weight excluding hydrogens is 512 g/mol. The van der Waals surface area contributed by atoms with Gasteiger partial charge in [-0.25, -0.2) is 13.4 Å². The molecule has 0 atom stereocenters. The SMILES string of the molecule is CN(C)C(=O)c1ccc(-c2cnc(N3CCN(S(=O)(=O)c4ccccc4C#N)CC3)c(C#N)c2)cc1Cl. The van der Waals surface area contributed by atoms with E-state index < -0.39 is 10.0 Å². The number of carbonyl (C=O) groups excluding carboxylic acids is 1. The fourth-order valence-corrected chi connectivity index (χ4v) is 5.95. The lowest BCUT2D eigenvalue weighted by Gasteiger charge is -2.35. The number of anilines is 1. The predicted octanol–water partition coefficient (Wildman–Crippen LogP) is 3.36. The molecule has 0 unspecified atom stereocenters. The largest absolute Gasteiger partial charge is 0.353 e. The van der Waals surface area contributed by atoms with Crippen molar-refractivity contribution in [3.63, 3.8) is 0 Å². The van der Waals surface area contributed by atoms with Crippen LogP contribution < -0.4 is 4.90 Å². The van der Waals surface area contributed by atoms with Crippen molar-refractivity contribution in [2.75, 3.05) is 45.2 Å². The van der Waals surface area contributed by atoms with Crippen LogP contribution in [0.4, 0.5) is 5.82 Å². The van der Waals surface area contributed by atoms with Crippen molar-refractivity contribution >= 4 is 33.3 Å². The summed E-state index contributed by atoms with van der Waals surface area (Å²) >= 11 is 6.35. The minimum Gasteiger partial charge on any atom is -0.353 e. The number of hydrogen-bond donors (Lipinski definition) is 0. The van der Waals surface area contributed by atoms with Gasteiger partial charge in [-0.15, -0.1) is 0 Å². The number of piperazine rings is 1. The van der Waals surface area contributed by atoms with Crippen LogP contribution in [0.25, 0.3) is 11.1 Å². The van der Waals surface area contributed by atoms with Gasteiger partial charge >= 0.3 is 0 Å². The Hall–Kier alpha value is -3.96. The Morgan fingerprint density at radius 1 is 0.973 bits per heavy atom.